The summed E-state index contributed by atoms with van der Waals surface area (Å²) in [6.45, 7) is 0.576. The summed E-state index contributed by atoms with van der Waals surface area (Å²) < 4.78 is 0. The Morgan fingerprint density at radius 1 is 1.62 bits per heavy atom. The summed E-state index contributed by atoms with van der Waals surface area (Å²) in [6.07, 6.45) is 2.13. The molecule has 0 saturated carbocycles. The van der Waals surface area contributed by atoms with Gasteiger partial charge in [-0.25, -0.2) is 5.43 Å². The molecule has 74 valence electrons. The number of hydrogen-bond donors (Lipinski definition) is 3. The number of rotatable bonds is 7. The van der Waals surface area contributed by atoms with E-state index >= 15 is 0 Å². The number of nitrogens with zero attached hydrogens (tertiary/aromatic N) is 3. The maximum atomic E-state index is 10.7. The van der Waals surface area contributed by atoms with Gasteiger partial charge in [0.05, 0.1) is 0 Å². The van der Waals surface area contributed by atoms with Crippen LogP contribution in [0.2, 0.25) is 0 Å². The summed E-state index contributed by atoms with van der Waals surface area (Å²) in [7, 11) is 0. The second-order valence-electron chi connectivity index (χ2n) is 2.56. The molecule has 0 bridgehead atoms. The van der Waals surface area contributed by atoms with E-state index < -0.39 is 11.9 Å². The van der Waals surface area contributed by atoms with Gasteiger partial charge < -0.3 is 11.5 Å². The number of amides is 1. The molecule has 0 heterocycles. The zero-order chi connectivity index (χ0) is 10.1. The third-order valence-corrected chi connectivity index (χ3v) is 1.55. The lowest BCUT2D eigenvalue weighted by atomic mass is 10.1. The van der Waals surface area contributed by atoms with Crippen LogP contribution >= 0.6 is 0 Å². The lowest BCUT2D eigenvalue weighted by Gasteiger charge is -2.07. The van der Waals surface area contributed by atoms with Gasteiger partial charge in [0.25, 0.3) is 5.91 Å². The highest BCUT2D eigenvalue weighted by Gasteiger charge is 2.15. The lowest BCUT2D eigenvalue weighted by Crippen LogP contribution is -2.38. The Balaban J connectivity index is 3.80. The van der Waals surface area contributed by atoms with Gasteiger partial charge in [-0.3, -0.25) is 4.79 Å². The van der Waals surface area contributed by atoms with Gasteiger partial charge in [-0.05, 0) is 31.0 Å². The molecular weight excluding hydrogens is 172 g/mol. The number of primary amides is 1. The first-order valence-electron chi connectivity index (χ1n) is 4.01. The molecule has 0 aliphatic rings. The van der Waals surface area contributed by atoms with Crippen molar-refractivity contribution in [3.63, 3.8) is 0 Å². The van der Waals surface area contributed by atoms with Gasteiger partial charge in [-0.1, -0.05) is 0 Å². The van der Waals surface area contributed by atoms with Crippen molar-refractivity contribution < 1.29 is 4.79 Å². The first-order chi connectivity index (χ1) is 6.22. The first kappa shape index (κ1) is 11.5. The van der Waals surface area contributed by atoms with E-state index in [0.29, 0.717) is 13.0 Å². The molecule has 0 fully saturated rings. The fraction of sp³-hybridized carbons (Fsp3) is 0.833. The van der Waals surface area contributed by atoms with Crippen molar-refractivity contribution in [1.29, 1.82) is 0 Å². The highest BCUT2D eigenvalue weighted by molar-refractivity contribution is 5.79. The topological polar surface area (TPSA) is 130 Å². The number of nitrogens with one attached hydrogen (secondary N) is 1. The van der Waals surface area contributed by atoms with E-state index in [9.17, 15) is 4.79 Å². The SMILES string of the molecule is [N-]=[N+]=NN[C@@H](CCCCN)C(N)=O. The molecule has 0 unspecified atom stereocenters. The molecular formula is C6H14N6O. The Morgan fingerprint density at radius 2 is 2.31 bits per heavy atom. The van der Waals surface area contributed by atoms with Crippen LogP contribution in [0.1, 0.15) is 19.3 Å². The van der Waals surface area contributed by atoms with E-state index in [-0.39, 0.29) is 0 Å². The number of carbonyl (C=O) groups excluding carboxylic acids is 1. The predicted molar refractivity (Wildman–Crippen MR) is 48.2 cm³/mol. The van der Waals surface area contributed by atoms with Crippen LogP contribution in [0.25, 0.3) is 10.4 Å². The quantitative estimate of drug-likeness (QED) is 0.167. The molecule has 7 nitrogen and oxygen atoms in total. The van der Waals surface area contributed by atoms with Crippen LogP contribution in [0.4, 0.5) is 0 Å². The maximum Gasteiger partial charge on any atom is 0.262 e. The second kappa shape index (κ2) is 7.20. The van der Waals surface area contributed by atoms with Crippen molar-refractivity contribution >= 4 is 5.91 Å². The predicted octanol–water partition coefficient (Wildman–Crippen LogP) is -0.216. The molecule has 0 aliphatic heterocycles. The number of unbranched alkanes of at least 4 members (excludes halogenated alkanes) is 1. The molecule has 0 aliphatic carbocycles. The fourth-order valence-electron chi connectivity index (χ4n) is 0.859. The van der Waals surface area contributed by atoms with Gasteiger partial charge in [-0.2, -0.15) is 4.91 Å². The Hall–Kier alpha value is -1.46. The van der Waals surface area contributed by atoms with Crippen molar-refractivity contribution in [2.75, 3.05) is 6.54 Å². The number of nitrogens with two attached hydrogens (primary N) is 2. The monoisotopic (exact) mass is 186 g/mol. The third kappa shape index (κ3) is 5.77. The first-order valence-corrected chi connectivity index (χ1v) is 4.01. The Bertz CT molecular complexity index is 199. The minimum atomic E-state index is -0.595. The van der Waals surface area contributed by atoms with Crippen LogP contribution in [0.15, 0.2) is 5.22 Å². The highest BCUT2D eigenvalue weighted by atomic mass is 16.1. The molecule has 13 heavy (non-hydrogen) atoms. The standard InChI is InChI=1S/C6H14N6O/c7-4-2-1-3-5(6(8)13)10-12-11-9/h5,10H,1-4,7H2,(H2,8,13)/t5-/m0/s1. The third-order valence-electron chi connectivity index (χ3n) is 1.55. The zero-order valence-electron chi connectivity index (χ0n) is 7.31. The van der Waals surface area contributed by atoms with E-state index in [2.05, 4.69) is 15.6 Å². The Morgan fingerprint density at radius 3 is 2.77 bits per heavy atom. The van der Waals surface area contributed by atoms with Gasteiger partial charge in [0.2, 0.25) is 0 Å². The van der Waals surface area contributed by atoms with E-state index in [1.807, 2.05) is 0 Å². The minimum Gasteiger partial charge on any atom is -0.366 e. The zero-order valence-corrected chi connectivity index (χ0v) is 7.31. The smallest absolute Gasteiger partial charge is 0.262 e. The molecule has 5 N–H and O–H groups in total. The van der Waals surface area contributed by atoms with Gasteiger partial charge in [0.15, 0.2) is 6.04 Å². The van der Waals surface area contributed by atoms with E-state index in [0.717, 1.165) is 12.8 Å². The molecule has 0 aromatic heterocycles. The number of azide groups is 1. The van der Waals surface area contributed by atoms with Crippen molar-refractivity contribution in [2.45, 2.75) is 25.3 Å². The van der Waals surface area contributed by atoms with Crippen LogP contribution in [0.5, 0.6) is 0 Å². The molecule has 1 atom stereocenters. The van der Waals surface area contributed by atoms with Crippen molar-refractivity contribution in [1.82, 2.24) is 5.43 Å². The second-order valence-corrected chi connectivity index (χ2v) is 2.56. The summed E-state index contributed by atoms with van der Waals surface area (Å²) in [5.74, 6) is -0.524. The van der Waals surface area contributed by atoms with Gasteiger partial charge in [0, 0.05) is 0 Å². The molecule has 0 saturated heterocycles. The number of carbonyl (C=O) groups is 1. The van der Waals surface area contributed by atoms with Gasteiger partial charge >= 0.3 is 0 Å². The van der Waals surface area contributed by atoms with Crippen LogP contribution in [0, 0.1) is 0 Å². The molecule has 1 amide bonds. The van der Waals surface area contributed by atoms with Crippen LogP contribution in [0.3, 0.4) is 0 Å². The van der Waals surface area contributed by atoms with E-state index in [1.54, 1.807) is 0 Å². The average Bonchev–Trinajstić information content (AvgIpc) is 2.10. The van der Waals surface area contributed by atoms with E-state index in [4.69, 9.17) is 17.0 Å². The summed E-state index contributed by atoms with van der Waals surface area (Å²) >= 11 is 0. The fourth-order valence-corrected chi connectivity index (χ4v) is 0.859. The van der Waals surface area contributed by atoms with Crippen molar-refractivity contribution in [2.24, 2.45) is 16.7 Å². The summed E-state index contributed by atoms with van der Waals surface area (Å²) in [6, 6.07) is -0.595. The maximum absolute atomic E-state index is 10.7. The Kier molecular flexibility index (Phi) is 6.39. The summed E-state index contributed by atoms with van der Waals surface area (Å²) in [4.78, 5) is 13.2. The molecule has 0 rings (SSSR count). The summed E-state index contributed by atoms with van der Waals surface area (Å²) in [5.41, 5.74) is 20.6. The summed E-state index contributed by atoms with van der Waals surface area (Å²) in [5, 5.41) is 3.07. The molecule has 0 radical (unpaired) electrons. The lowest BCUT2D eigenvalue weighted by molar-refractivity contribution is -0.120. The van der Waals surface area contributed by atoms with Crippen LogP contribution in [-0.2, 0) is 4.79 Å². The highest BCUT2D eigenvalue weighted by Crippen LogP contribution is 1.99. The average molecular weight is 186 g/mol. The minimum absolute atomic E-state index is 0.524. The number of hydrogen-bond acceptors (Lipinski definition) is 3. The van der Waals surface area contributed by atoms with E-state index in [1.165, 1.54) is 0 Å². The van der Waals surface area contributed by atoms with Crippen LogP contribution < -0.4 is 16.9 Å². The normalized spacial score (nSPS) is 11.5. The molecule has 0 aromatic carbocycles. The van der Waals surface area contributed by atoms with Crippen LogP contribution in [-0.4, -0.2) is 18.5 Å². The van der Waals surface area contributed by atoms with Gasteiger partial charge in [0.1, 0.15) is 0 Å². The molecule has 7 heteroatoms. The van der Waals surface area contributed by atoms with Crippen molar-refractivity contribution in [3.8, 4) is 0 Å². The largest absolute Gasteiger partial charge is 0.366 e. The van der Waals surface area contributed by atoms with Crippen molar-refractivity contribution in [3.05, 3.63) is 10.4 Å². The Labute approximate surface area is 76.1 Å². The molecule has 0 spiro atoms. The molecule has 0 aromatic rings. The van der Waals surface area contributed by atoms with Gasteiger partial charge in [-0.15, -0.1) is 5.53 Å².